The predicted octanol–water partition coefficient (Wildman–Crippen LogP) is 3.18. The summed E-state index contributed by atoms with van der Waals surface area (Å²) in [5, 5.41) is 3.46. The van der Waals surface area contributed by atoms with E-state index in [1.165, 1.54) is 32.4 Å². The van der Waals surface area contributed by atoms with Gasteiger partial charge in [-0.15, -0.1) is 0 Å². The van der Waals surface area contributed by atoms with Crippen molar-refractivity contribution in [3.05, 3.63) is 26.9 Å². The van der Waals surface area contributed by atoms with E-state index in [0.29, 0.717) is 0 Å². The highest BCUT2D eigenvalue weighted by Crippen LogP contribution is 2.19. The Hall–Kier alpha value is 0.0300. The first-order valence-electron chi connectivity index (χ1n) is 6.49. The number of likely N-dealkylation sites (tertiary alicyclic amines) is 1. The number of nitrogens with one attached hydrogen (secondary N) is 1. The number of pyridine rings is 1. The van der Waals surface area contributed by atoms with Gasteiger partial charge in [0.1, 0.15) is 0 Å². The molecule has 0 radical (unpaired) electrons. The lowest BCUT2D eigenvalue weighted by atomic mass is 10.1. The van der Waals surface area contributed by atoms with Crippen molar-refractivity contribution in [3.8, 4) is 0 Å². The smallest absolute Gasteiger partial charge is 0.0684 e. The van der Waals surface area contributed by atoms with E-state index < -0.39 is 0 Å². The van der Waals surface area contributed by atoms with E-state index in [4.69, 9.17) is 0 Å². The molecule has 1 aliphatic rings. The molecule has 0 aromatic carbocycles. The summed E-state index contributed by atoms with van der Waals surface area (Å²) in [6.45, 7) is 5.53. The van der Waals surface area contributed by atoms with E-state index in [-0.39, 0.29) is 0 Å². The van der Waals surface area contributed by atoms with Gasteiger partial charge in [-0.2, -0.15) is 0 Å². The molecule has 3 nitrogen and oxygen atoms in total. The van der Waals surface area contributed by atoms with Crippen LogP contribution in [0.4, 0.5) is 0 Å². The summed E-state index contributed by atoms with van der Waals surface area (Å²) in [5.74, 6) is 0. The standard InChI is InChI=1S/C13H19Br2N3/c14-11-8-12(15)13(17-9-11)10-16-4-7-18-5-2-1-3-6-18/h8-9,16H,1-7,10H2. The fourth-order valence-corrected chi connectivity index (χ4v) is 3.33. The van der Waals surface area contributed by atoms with E-state index in [1.54, 1.807) is 0 Å². The number of piperidine rings is 1. The molecule has 0 aliphatic carbocycles. The van der Waals surface area contributed by atoms with Crippen LogP contribution in [0.15, 0.2) is 21.2 Å². The Kier molecular flexibility index (Phi) is 6.08. The largest absolute Gasteiger partial charge is 0.310 e. The molecule has 100 valence electrons. The lowest BCUT2D eigenvalue weighted by Gasteiger charge is -2.26. The highest BCUT2D eigenvalue weighted by Gasteiger charge is 2.09. The number of hydrogen-bond acceptors (Lipinski definition) is 3. The van der Waals surface area contributed by atoms with Gasteiger partial charge < -0.3 is 10.2 Å². The zero-order chi connectivity index (χ0) is 12.8. The van der Waals surface area contributed by atoms with Crippen molar-refractivity contribution in [3.63, 3.8) is 0 Å². The Labute approximate surface area is 126 Å². The van der Waals surface area contributed by atoms with E-state index >= 15 is 0 Å². The van der Waals surface area contributed by atoms with Crippen LogP contribution < -0.4 is 5.32 Å². The lowest BCUT2D eigenvalue weighted by molar-refractivity contribution is 0.229. The van der Waals surface area contributed by atoms with Crippen molar-refractivity contribution in [1.29, 1.82) is 0 Å². The summed E-state index contributed by atoms with van der Waals surface area (Å²) in [6, 6.07) is 2.04. The number of halogens is 2. The van der Waals surface area contributed by atoms with Gasteiger partial charge in [0.05, 0.1) is 5.69 Å². The summed E-state index contributed by atoms with van der Waals surface area (Å²) in [6.07, 6.45) is 5.96. The third-order valence-electron chi connectivity index (χ3n) is 3.23. The summed E-state index contributed by atoms with van der Waals surface area (Å²) in [7, 11) is 0. The second-order valence-electron chi connectivity index (χ2n) is 4.66. The van der Waals surface area contributed by atoms with Gasteiger partial charge in [0.2, 0.25) is 0 Å². The predicted molar refractivity (Wildman–Crippen MR) is 81.6 cm³/mol. The zero-order valence-electron chi connectivity index (χ0n) is 10.5. The molecule has 0 saturated carbocycles. The molecule has 1 aromatic rings. The van der Waals surface area contributed by atoms with Crippen LogP contribution >= 0.6 is 31.9 Å². The maximum atomic E-state index is 4.39. The Bertz CT molecular complexity index is 378. The summed E-state index contributed by atoms with van der Waals surface area (Å²) >= 11 is 6.94. The highest BCUT2D eigenvalue weighted by atomic mass is 79.9. The Morgan fingerprint density at radius 3 is 2.72 bits per heavy atom. The first-order valence-corrected chi connectivity index (χ1v) is 8.07. The maximum absolute atomic E-state index is 4.39. The zero-order valence-corrected chi connectivity index (χ0v) is 13.6. The third-order valence-corrected chi connectivity index (χ3v) is 4.35. The van der Waals surface area contributed by atoms with Gasteiger partial charge in [-0.3, -0.25) is 4.98 Å². The molecule has 0 amide bonds. The maximum Gasteiger partial charge on any atom is 0.0684 e. The molecule has 0 spiro atoms. The van der Waals surface area contributed by atoms with Crippen LogP contribution in [0.3, 0.4) is 0 Å². The quantitative estimate of drug-likeness (QED) is 0.800. The summed E-state index contributed by atoms with van der Waals surface area (Å²) in [5.41, 5.74) is 1.07. The van der Waals surface area contributed by atoms with Gasteiger partial charge in [0.15, 0.2) is 0 Å². The fourth-order valence-electron chi connectivity index (χ4n) is 2.20. The minimum atomic E-state index is 0.821. The Balaban J connectivity index is 1.68. The third kappa shape index (κ3) is 4.61. The molecule has 0 atom stereocenters. The van der Waals surface area contributed by atoms with E-state index in [2.05, 4.69) is 47.1 Å². The second-order valence-corrected chi connectivity index (χ2v) is 6.43. The van der Waals surface area contributed by atoms with Gasteiger partial charge in [-0.25, -0.2) is 0 Å². The number of aromatic nitrogens is 1. The second kappa shape index (κ2) is 7.58. The molecule has 0 bridgehead atoms. The minimum Gasteiger partial charge on any atom is -0.310 e. The van der Waals surface area contributed by atoms with E-state index in [9.17, 15) is 0 Å². The van der Waals surface area contributed by atoms with Crippen LogP contribution in [0.2, 0.25) is 0 Å². The Morgan fingerprint density at radius 2 is 2.00 bits per heavy atom. The van der Waals surface area contributed by atoms with Crippen molar-refractivity contribution in [2.75, 3.05) is 26.2 Å². The van der Waals surface area contributed by atoms with Gasteiger partial charge in [-0.05, 0) is 63.9 Å². The van der Waals surface area contributed by atoms with Crippen LogP contribution in [0, 0.1) is 0 Å². The molecule has 1 aromatic heterocycles. The molecule has 1 fully saturated rings. The number of hydrogen-bond donors (Lipinski definition) is 1. The highest BCUT2D eigenvalue weighted by molar-refractivity contribution is 9.11. The molecule has 1 aliphatic heterocycles. The minimum absolute atomic E-state index is 0.821. The fraction of sp³-hybridized carbons (Fsp3) is 0.615. The molecule has 0 unspecified atom stereocenters. The topological polar surface area (TPSA) is 28.2 Å². The van der Waals surface area contributed by atoms with Gasteiger partial charge in [0.25, 0.3) is 0 Å². The lowest BCUT2D eigenvalue weighted by Crippen LogP contribution is -2.35. The molecular formula is C13H19Br2N3. The van der Waals surface area contributed by atoms with Gasteiger partial charge in [-0.1, -0.05) is 6.42 Å². The van der Waals surface area contributed by atoms with Crippen molar-refractivity contribution >= 4 is 31.9 Å². The average molecular weight is 377 g/mol. The molecule has 5 heteroatoms. The average Bonchev–Trinajstić information content (AvgIpc) is 2.38. The van der Waals surface area contributed by atoms with E-state index in [1.807, 2.05) is 12.3 Å². The molecule has 2 heterocycles. The molecular weight excluding hydrogens is 358 g/mol. The monoisotopic (exact) mass is 375 g/mol. The molecule has 1 saturated heterocycles. The molecule has 1 N–H and O–H groups in total. The first kappa shape index (κ1) is 14.4. The van der Waals surface area contributed by atoms with E-state index in [0.717, 1.165) is 34.3 Å². The summed E-state index contributed by atoms with van der Waals surface area (Å²) in [4.78, 5) is 6.93. The van der Waals surface area contributed by atoms with Crippen molar-refractivity contribution < 1.29 is 0 Å². The molecule has 2 rings (SSSR count). The van der Waals surface area contributed by atoms with Gasteiger partial charge >= 0.3 is 0 Å². The van der Waals surface area contributed by atoms with Crippen molar-refractivity contribution in [1.82, 2.24) is 15.2 Å². The first-order chi connectivity index (χ1) is 8.75. The number of nitrogens with zero attached hydrogens (tertiary/aromatic N) is 2. The van der Waals surface area contributed by atoms with Crippen molar-refractivity contribution in [2.45, 2.75) is 25.8 Å². The number of rotatable bonds is 5. The van der Waals surface area contributed by atoms with Crippen molar-refractivity contribution in [2.24, 2.45) is 0 Å². The Morgan fingerprint density at radius 1 is 1.22 bits per heavy atom. The van der Waals surface area contributed by atoms with Crippen LogP contribution in [-0.4, -0.2) is 36.1 Å². The van der Waals surface area contributed by atoms with Crippen LogP contribution in [-0.2, 0) is 6.54 Å². The summed E-state index contributed by atoms with van der Waals surface area (Å²) < 4.78 is 2.06. The molecule has 18 heavy (non-hydrogen) atoms. The van der Waals surface area contributed by atoms with Gasteiger partial charge in [0, 0.05) is 34.8 Å². The van der Waals surface area contributed by atoms with Crippen LogP contribution in [0.25, 0.3) is 0 Å². The van der Waals surface area contributed by atoms with Crippen LogP contribution in [0.5, 0.6) is 0 Å². The normalized spacial score (nSPS) is 17.0. The van der Waals surface area contributed by atoms with Crippen LogP contribution in [0.1, 0.15) is 25.0 Å². The SMILES string of the molecule is Brc1cnc(CNCCN2CCCCC2)c(Br)c1.